The highest BCUT2D eigenvalue weighted by Gasteiger charge is 2.22. The van der Waals surface area contributed by atoms with Crippen LogP contribution >= 0.6 is 0 Å². The Hall–Kier alpha value is -2.38. The van der Waals surface area contributed by atoms with Crippen LogP contribution in [0.3, 0.4) is 0 Å². The molecular formula is C15H13NO2. The van der Waals surface area contributed by atoms with Crippen LogP contribution in [0.25, 0.3) is 0 Å². The average Bonchev–Trinajstić information content (AvgIpc) is 2.39. The molecule has 1 unspecified atom stereocenters. The predicted octanol–water partition coefficient (Wildman–Crippen LogP) is 2.31. The first-order chi connectivity index (χ1) is 8.72. The number of carbonyl (C=O) groups excluding carboxylic acids is 2. The molecule has 1 aliphatic rings. The lowest BCUT2D eigenvalue weighted by Gasteiger charge is -2.20. The zero-order valence-corrected chi connectivity index (χ0v) is 10.0. The third kappa shape index (κ3) is 2.47. The number of carbonyl (C=O) groups is 1. The van der Waals surface area contributed by atoms with Crippen LogP contribution in [0.1, 0.15) is 6.92 Å². The Morgan fingerprint density at radius 3 is 2.61 bits per heavy atom. The number of para-hydroxylation sites is 1. The van der Waals surface area contributed by atoms with Crippen LogP contribution in [0.2, 0.25) is 0 Å². The molecule has 0 heterocycles. The minimum Gasteiger partial charge on any atom is -0.374 e. The van der Waals surface area contributed by atoms with Crippen molar-refractivity contribution in [3.8, 4) is 0 Å². The van der Waals surface area contributed by atoms with Gasteiger partial charge in [-0.3, -0.25) is 4.79 Å². The van der Waals surface area contributed by atoms with Gasteiger partial charge < -0.3 is 5.32 Å². The standard InChI is InChI=1S/C15H13NO2/c1-11(18)13-8-5-9-15(14(13)10-17)16-12-6-3-2-4-7-12/h2-9,15-16H,1H3. The summed E-state index contributed by atoms with van der Waals surface area (Å²) in [5.74, 6) is 1.74. The first-order valence-corrected chi connectivity index (χ1v) is 5.68. The van der Waals surface area contributed by atoms with Crippen LogP contribution in [0.15, 0.2) is 59.7 Å². The average molecular weight is 239 g/mol. The predicted molar refractivity (Wildman–Crippen MR) is 71.0 cm³/mol. The van der Waals surface area contributed by atoms with E-state index >= 15 is 0 Å². The van der Waals surface area contributed by atoms with Gasteiger partial charge in [0.05, 0.1) is 11.6 Å². The van der Waals surface area contributed by atoms with Crippen LogP contribution in [0.5, 0.6) is 0 Å². The summed E-state index contributed by atoms with van der Waals surface area (Å²) < 4.78 is 0. The number of rotatable bonds is 3. The second-order valence-electron chi connectivity index (χ2n) is 4.03. The molecule has 0 aromatic heterocycles. The van der Waals surface area contributed by atoms with Crippen LogP contribution in [-0.4, -0.2) is 17.8 Å². The van der Waals surface area contributed by atoms with Gasteiger partial charge in [0.25, 0.3) is 0 Å². The van der Waals surface area contributed by atoms with Crippen molar-refractivity contribution in [2.75, 3.05) is 5.32 Å². The molecule has 0 fully saturated rings. The van der Waals surface area contributed by atoms with Gasteiger partial charge >= 0.3 is 0 Å². The number of allylic oxidation sites excluding steroid dienone is 2. The Balaban J connectivity index is 2.26. The quantitative estimate of drug-likeness (QED) is 0.823. The molecule has 3 nitrogen and oxygen atoms in total. The Bertz CT molecular complexity index is 563. The third-order valence-electron chi connectivity index (χ3n) is 2.75. The molecule has 0 saturated heterocycles. The maximum absolute atomic E-state index is 11.4. The minimum absolute atomic E-state index is 0.127. The van der Waals surface area contributed by atoms with Gasteiger partial charge in [0.1, 0.15) is 5.94 Å². The van der Waals surface area contributed by atoms with Crippen LogP contribution in [-0.2, 0) is 9.59 Å². The number of hydrogen-bond donors (Lipinski definition) is 1. The fourth-order valence-electron chi connectivity index (χ4n) is 1.88. The zero-order chi connectivity index (χ0) is 13.0. The summed E-state index contributed by atoms with van der Waals surface area (Å²) in [7, 11) is 0. The SMILES string of the molecule is CC(=O)C1=CC=CC(Nc2ccccc2)C1=C=O. The van der Waals surface area contributed by atoms with E-state index < -0.39 is 0 Å². The van der Waals surface area contributed by atoms with Crippen molar-refractivity contribution >= 4 is 17.4 Å². The number of benzene rings is 1. The van der Waals surface area contributed by atoms with Gasteiger partial charge in [-0.05, 0) is 19.1 Å². The van der Waals surface area contributed by atoms with Crippen molar-refractivity contribution in [1.29, 1.82) is 0 Å². The maximum Gasteiger partial charge on any atom is 0.160 e. The normalized spacial score (nSPS) is 17.9. The van der Waals surface area contributed by atoms with Gasteiger partial charge in [-0.25, -0.2) is 4.79 Å². The molecular weight excluding hydrogens is 226 g/mol. The van der Waals surface area contributed by atoms with Crippen LogP contribution in [0, 0.1) is 0 Å². The Kier molecular flexibility index (Phi) is 3.56. The van der Waals surface area contributed by atoms with E-state index in [9.17, 15) is 9.59 Å². The summed E-state index contributed by atoms with van der Waals surface area (Å²) >= 11 is 0. The highest BCUT2D eigenvalue weighted by molar-refractivity contribution is 6.01. The van der Waals surface area contributed by atoms with Gasteiger partial charge in [-0.2, -0.15) is 0 Å². The molecule has 18 heavy (non-hydrogen) atoms. The molecule has 3 heteroatoms. The minimum atomic E-state index is -0.311. The summed E-state index contributed by atoms with van der Waals surface area (Å²) in [5, 5.41) is 3.19. The molecule has 0 radical (unpaired) electrons. The van der Waals surface area contributed by atoms with Gasteiger partial charge in [0.2, 0.25) is 0 Å². The van der Waals surface area contributed by atoms with Crippen molar-refractivity contribution in [3.63, 3.8) is 0 Å². The highest BCUT2D eigenvalue weighted by Crippen LogP contribution is 2.22. The number of nitrogens with one attached hydrogen (secondary N) is 1. The maximum atomic E-state index is 11.4. The number of Topliss-reactive ketones (excluding diaryl/α,β-unsaturated/α-hetero) is 1. The molecule has 2 rings (SSSR count). The van der Waals surface area contributed by atoms with Gasteiger partial charge in [0, 0.05) is 11.3 Å². The van der Waals surface area contributed by atoms with E-state index in [-0.39, 0.29) is 11.8 Å². The molecule has 1 aliphatic carbocycles. The first kappa shape index (κ1) is 12.1. The van der Waals surface area contributed by atoms with E-state index in [1.807, 2.05) is 42.3 Å². The number of ketones is 1. The summed E-state index contributed by atoms with van der Waals surface area (Å²) in [4.78, 5) is 22.5. The number of hydrogen-bond acceptors (Lipinski definition) is 3. The Morgan fingerprint density at radius 1 is 1.28 bits per heavy atom. The summed E-state index contributed by atoms with van der Waals surface area (Å²) in [6, 6.07) is 9.22. The second kappa shape index (κ2) is 5.30. The molecule has 0 amide bonds. The van der Waals surface area contributed by atoms with E-state index in [1.165, 1.54) is 6.92 Å². The molecule has 1 aromatic carbocycles. The fraction of sp³-hybridized carbons (Fsp3) is 0.133. The van der Waals surface area contributed by atoms with Crippen molar-refractivity contribution in [3.05, 3.63) is 59.7 Å². The highest BCUT2D eigenvalue weighted by atomic mass is 16.1. The van der Waals surface area contributed by atoms with Crippen molar-refractivity contribution in [1.82, 2.24) is 0 Å². The fourth-order valence-corrected chi connectivity index (χ4v) is 1.88. The van der Waals surface area contributed by atoms with Crippen LogP contribution < -0.4 is 5.32 Å². The van der Waals surface area contributed by atoms with E-state index in [4.69, 9.17) is 0 Å². The molecule has 90 valence electrons. The third-order valence-corrected chi connectivity index (χ3v) is 2.75. The van der Waals surface area contributed by atoms with Crippen molar-refractivity contribution in [2.24, 2.45) is 0 Å². The lowest BCUT2D eigenvalue weighted by atomic mass is 9.92. The topological polar surface area (TPSA) is 46.2 Å². The summed E-state index contributed by atoms with van der Waals surface area (Å²) in [5.41, 5.74) is 1.67. The van der Waals surface area contributed by atoms with Gasteiger partial charge in [0.15, 0.2) is 5.78 Å². The molecule has 1 atom stereocenters. The largest absolute Gasteiger partial charge is 0.374 e. The molecule has 0 spiro atoms. The van der Waals surface area contributed by atoms with Gasteiger partial charge in [-0.15, -0.1) is 0 Å². The van der Waals surface area contributed by atoms with E-state index in [2.05, 4.69) is 5.32 Å². The summed E-state index contributed by atoms with van der Waals surface area (Å²) in [6.07, 6.45) is 5.25. The Morgan fingerprint density at radius 2 is 2.00 bits per heavy atom. The lowest BCUT2D eigenvalue weighted by Crippen LogP contribution is -2.25. The second-order valence-corrected chi connectivity index (χ2v) is 4.03. The van der Waals surface area contributed by atoms with Crippen LogP contribution in [0.4, 0.5) is 5.69 Å². The molecule has 1 N–H and O–H groups in total. The van der Waals surface area contributed by atoms with Crippen molar-refractivity contribution < 1.29 is 9.59 Å². The first-order valence-electron chi connectivity index (χ1n) is 5.68. The zero-order valence-electron chi connectivity index (χ0n) is 10.0. The summed E-state index contributed by atoms with van der Waals surface area (Å²) in [6.45, 7) is 1.45. The molecule has 0 aliphatic heterocycles. The molecule has 0 bridgehead atoms. The number of anilines is 1. The van der Waals surface area contributed by atoms with E-state index in [0.29, 0.717) is 11.1 Å². The van der Waals surface area contributed by atoms with E-state index in [0.717, 1.165) is 5.69 Å². The van der Waals surface area contributed by atoms with Gasteiger partial charge in [-0.1, -0.05) is 36.4 Å². The lowest BCUT2D eigenvalue weighted by molar-refractivity contribution is -0.113. The molecule has 0 saturated carbocycles. The Labute approximate surface area is 106 Å². The smallest absolute Gasteiger partial charge is 0.160 e. The van der Waals surface area contributed by atoms with E-state index in [1.54, 1.807) is 12.2 Å². The monoisotopic (exact) mass is 239 g/mol. The molecule has 1 aromatic rings. The van der Waals surface area contributed by atoms with Crippen molar-refractivity contribution in [2.45, 2.75) is 13.0 Å².